The largest absolute Gasteiger partial charge is 0.481 e. The van der Waals surface area contributed by atoms with Crippen LogP contribution in [0, 0.1) is 18.8 Å². The van der Waals surface area contributed by atoms with Gasteiger partial charge in [0.15, 0.2) is 0 Å². The van der Waals surface area contributed by atoms with Crippen molar-refractivity contribution in [1.29, 1.82) is 0 Å². The molecule has 1 aliphatic rings. The summed E-state index contributed by atoms with van der Waals surface area (Å²) in [6.45, 7) is 6.74. The molecule has 98 valence electrons. The highest BCUT2D eigenvalue weighted by molar-refractivity contribution is 5.70. The van der Waals surface area contributed by atoms with E-state index in [1.54, 1.807) is 0 Å². The van der Waals surface area contributed by atoms with Crippen LogP contribution in [0.1, 0.15) is 24.5 Å². The van der Waals surface area contributed by atoms with Gasteiger partial charge in [0.25, 0.3) is 0 Å². The summed E-state index contributed by atoms with van der Waals surface area (Å²) < 4.78 is 0. The smallest absolute Gasteiger partial charge is 0.307 e. The Morgan fingerprint density at radius 2 is 2.00 bits per heavy atom. The second-order valence-electron chi connectivity index (χ2n) is 5.56. The third-order valence-electron chi connectivity index (χ3n) is 3.61. The van der Waals surface area contributed by atoms with E-state index in [1.165, 1.54) is 11.1 Å². The number of hydrogen-bond acceptors (Lipinski definition) is 2. The molecule has 1 saturated heterocycles. The average Bonchev–Trinajstić information content (AvgIpc) is 2.31. The van der Waals surface area contributed by atoms with Gasteiger partial charge in [-0.05, 0) is 24.8 Å². The van der Waals surface area contributed by atoms with E-state index in [4.69, 9.17) is 5.11 Å². The first-order valence-corrected chi connectivity index (χ1v) is 6.55. The fourth-order valence-corrected chi connectivity index (χ4v) is 2.72. The van der Waals surface area contributed by atoms with Gasteiger partial charge in [0, 0.05) is 19.6 Å². The Hall–Kier alpha value is -1.35. The fourth-order valence-electron chi connectivity index (χ4n) is 2.72. The Morgan fingerprint density at radius 3 is 2.61 bits per heavy atom. The van der Waals surface area contributed by atoms with Gasteiger partial charge in [-0.1, -0.05) is 36.8 Å². The molecule has 1 N–H and O–H groups in total. The van der Waals surface area contributed by atoms with Crippen LogP contribution in [0.2, 0.25) is 0 Å². The van der Waals surface area contributed by atoms with Gasteiger partial charge in [-0.15, -0.1) is 0 Å². The zero-order chi connectivity index (χ0) is 13.1. The van der Waals surface area contributed by atoms with E-state index in [9.17, 15) is 4.79 Å². The van der Waals surface area contributed by atoms with E-state index in [0.29, 0.717) is 12.5 Å². The van der Waals surface area contributed by atoms with Gasteiger partial charge >= 0.3 is 5.97 Å². The predicted molar refractivity (Wildman–Crippen MR) is 71.4 cm³/mol. The van der Waals surface area contributed by atoms with Crippen LogP contribution in [0.5, 0.6) is 0 Å². The summed E-state index contributed by atoms with van der Waals surface area (Å²) in [6, 6.07) is 8.48. The van der Waals surface area contributed by atoms with Crippen molar-refractivity contribution >= 4 is 5.97 Å². The molecule has 0 radical (unpaired) electrons. The molecule has 0 aliphatic carbocycles. The first-order chi connectivity index (χ1) is 8.54. The van der Waals surface area contributed by atoms with E-state index in [1.807, 2.05) is 0 Å². The van der Waals surface area contributed by atoms with Crippen molar-refractivity contribution in [2.24, 2.45) is 11.8 Å². The number of carbonyl (C=O) groups is 1. The van der Waals surface area contributed by atoms with Crippen molar-refractivity contribution < 1.29 is 9.90 Å². The lowest BCUT2D eigenvalue weighted by atomic mass is 9.90. The number of likely N-dealkylation sites (tertiary alicyclic amines) is 1. The summed E-state index contributed by atoms with van der Waals surface area (Å²) in [5.74, 6) is -0.403. The van der Waals surface area contributed by atoms with Gasteiger partial charge in [0.2, 0.25) is 0 Å². The number of benzene rings is 1. The molecular formula is C15H21NO2. The highest BCUT2D eigenvalue weighted by Crippen LogP contribution is 2.23. The minimum atomic E-state index is -0.657. The second-order valence-corrected chi connectivity index (χ2v) is 5.56. The zero-order valence-corrected chi connectivity index (χ0v) is 11.1. The molecule has 2 unspecified atom stereocenters. The van der Waals surface area contributed by atoms with Crippen LogP contribution < -0.4 is 0 Å². The van der Waals surface area contributed by atoms with Gasteiger partial charge in [-0.2, -0.15) is 0 Å². The van der Waals surface area contributed by atoms with Crippen molar-refractivity contribution in [1.82, 2.24) is 4.90 Å². The lowest BCUT2D eigenvalue weighted by Crippen LogP contribution is -2.41. The standard InChI is InChI=1S/C15H21NO2/c1-11-3-5-13(6-4-11)9-16-8-12(2)7-14(10-16)15(17)18/h3-6,12,14H,7-10H2,1-2H3,(H,17,18). The molecule has 3 heteroatoms. The van der Waals surface area contributed by atoms with E-state index in [2.05, 4.69) is 43.0 Å². The van der Waals surface area contributed by atoms with Gasteiger partial charge in [0.1, 0.15) is 0 Å². The van der Waals surface area contributed by atoms with Crippen molar-refractivity contribution in [2.45, 2.75) is 26.8 Å². The molecule has 0 amide bonds. The van der Waals surface area contributed by atoms with Crippen molar-refractivity contribution in [2.75, 3.05) is 13.1 Å². The summed E-state index contributed by atoms with van der Waals surface area (Å²) in [7, 11) is 0. The SMILES string of the molecule is Cc1ccc(CN2CC(C)CC(C(=O)O)C2)cc1. The predicted octanol–water partition coefficient (Wildman–Crippen LogP) is 2.54. The zero-order valence-electron chi connectivity index (χ0n) is 11.1. The van der Waals surface area contributed by atoms with Crippen LogP contribution in [0.3, 0.4) is 0 Å². The molecular weight excluding hydrogens is 226 g/mol. The van der Waals surface area contributed by atoms with Gasteiger partial charge in [-0.3, -0.25) is 9.69 Å². The Labute approximate surface area is 108 Å². The van der Waals surface area contributed by atoms with Gasteiger partial charge in [0.05, 0.1) is 5.92 Å². The first kappa shape index (κ1) is 13.1. The molecule has 1 aliphatic heterocycles. The van der Waals surface area contributed by atoms with Crippen LogP contribution in [0.15, 0.2) is 24.3 Å². The number of aryl methyl sites for hydroxylation is 1. The maximum Gasteiger partial charge on any atom is 0.307 e. The number of carboxylic acid groups (broad SMARTS) is 1. The molecule has 1 aromatic carbocycles. The van der Waals surface area contributed by atoms with Crippen LogP contribution in [-0.4, -0.2) is 29.1 Å². The number of carboxylic acids is 1. The summed E-state index contributed by atoms with van der Waals surface area (Å²) in [5, 5.41) is 9.15. The van der Waals surface area contributed by atoms with Gasteiger partial charge in [-0.25, -0.2) is 0 Å². The van der Waals surface area contributed by atoms with Crippen LogP contribution in [-0.2, 0) is 11.3 Å². The van der Waals surface area contributed by atoms with Crippen molar-refractivity contribution in [3.8, 4) is 0 Å². The average molecular weight is 247 g/mol. The van der Waals surface area contributed by atoms with E-state index in [0.717, 1.165) is 19.5 Å². The third kappa shape index (κ3) is 3.33. The molecule has 0 saturated carbocycles. The molecule has 1 aromatic rings. The molecule has 18 heavy (non-hydrogen) atoms. The van der Waals surface area contributed by atoms with Gasteiger partial charge < -0.3 is 5.11 Å². The fraction of sp³-hybridized carbons (Fsp3) is 0.533. The Morgan fingerprint density at radius 1 is 1.33 bits per heavy atom. The summed E-state index contributed by atoms with van der Waals surface area (Å²) in [6.07, 6.45) is 0.805. The topological polar surface area (TPSA) is 40.5 Å². The highest BCUT2D eigenvalue weighted by atomic mass is 16.4. The molecule has 0 bridgehead atoms. The second kappa shape index (κ2) is 5.53. The number of aliphatic carboxylic acids is 1. The number of hydrogen-bond donors (Lipinski definition) is 1. The molecule has 1 fully saturated rings. The third-order valence-corrected chi connectivity index (χ3v) is 3.61. The lowest BCUT2D eigenvalue weighted by Gasteiger charge is -2.34. The lowest BCUT2D eigenvalue weighted by molar-refractivity contribution is -0.144. The maximum absolute atomic E-state index is 11.1. The molecule has 0 aromatic heterocycles. The van der Waals surface area contributed by atoms with E-state index in [-0.39, 0.29) is 5.92 Å². The molecule has 0 spiro atoms. The molecule has 2 atom stereocenters. The molecule has 2 rings (SSSR count). The Kier molecular flexibility index (Phi) is 4.02. The van der Waals surface area contributed by atoms with Crippen LogP contribution in [0.4, 0.5) is 0 Å². The Bertz CT molecular complexity index is 413. The molecule has 3 nitrogen and oxygen atoms in total. The van der Waals surface area contributed by atoms with Crippen LogP contribution >= 0.6 is 0 Å². The number of piperidine rings is 1. The molecule has 1 heterocycles. The summed E-state index contributed by atoms with van der Waals surface area (Å²) in [5.41, 5.74) is 2.52. The van der Waals surface area contributed by atoms with Crippen LogP contribution in [0.25, 0.3) is 0 Å². The Balaban J connectivity index is 2.00. The van der Waals surface area contributed by atoms with Crippen molar-refractivity contribution in [3.05, 3.63) is 35.4 Å². The number of rotatable bonds is 3. The minimum Gasteiger partial charge on any atom is -0.481 e. The number of nitrogens with zero attached hydrogens (tertiary/aromatic N) is 1. The van der Waals surface area contributed by atoms with Crippen molar-refractivity contribution in [3.63, 3.8) is 0 Å². The van der Waals surface area contributed by atoms with E-state index >= 15 is 0 Å². The first-order valence-electron chi connectivity index (χ1n) is 6.55. The minimum absolute atomic E-state index is 0.209. The monoisotopic (exact) mass is 247 g/mol. The summed E-state index contributed by atoms with van der Waals surface area (Å²) >= 11 is 0. The normalized spacial score (nSPS) is 25.0. The highest BCUT2D eigenvalue weighted by Gasteiger charge is 2.29. The quantitative estimate of drug-likeness (QED) is 0.892. The summed E-state index contributed by atoms with van der Waals surface area (Å²) in [4.78, 5) is 13.4. The maximum atomic E-state index is 11.1. The van der Waals surface area contributed by atoms with E-state index < -0.39 is 5.97 Å².